The van der Waals surface area contributed by atoms with Crippen molar-refractivity contribution in [1.29, 1.82) is 0 Å². The zero-order valence-electron chi connectivity index (χ0n) is 11.4. The molecule has 1 N–H and O–H groups in total. The average molecular weight is 371 g/mol. The molecular weight excluding hydrogens is 358 g/mol. The molecule has 0 amide bonds. The minimum absolute atomic E-state index is 0.0315. The first-order valence-electron chi connectivity index (χ1n) is 5.99. The Kier molecular flexibility index (Phi) is 5.09. The Morgan fingerprint density at radius 3 is 2.48 bits per heavy atom. The van der Waals surface area contributed by atoms with Gasteiger partial charge in [-0.3, -0.25) is 4.99 Å². The molecule has 4 nitrogen and oxygen atoms in total. The Morgan fingerprint density at radius 1 is 1.14 bits per heavy atom. The van der Waals surface area contributed by atoms with Crippen molar-refractivity contribution in [3.63, 3.8) is 0 Å². The van der Waals surface area contributed by atoms with Crippen molar-refractivity contribution in [1.82, 2.24) is 0 Å². The van der Waals surface area contributed by atoms with Crippen LogP contribution < -0.4 is 9.47 Å². The Balaban J connectivity index is 2.33. The van der Waals surface area contributed by atoms with Crippen molar-refractivity contribution in [3.8, 4) is 17.2 Å². The van der Waals surface area contributed by atoms with Crippen molar-refractivity contribution < 1.29 is 14.6 Å². The summed E-state index contributed by atoms with van der Waals surface area (Å²) in [6.07, 6.45) is 1.54. The van der Waals surface area contributed by atoms with Gasteiger partial charge in [0.2, 0.25) is 0 Å². The first-order valence-corrected chi connectivity index (χ1v) is 7.16. The van der Waals surface area contributed by atoms with Gasteiger partial charge in [-0.2, -0.15) is 0 Å². The molecule has 0 spiro atoms. The average Bonchev–Trinajstić information content (AvgIpc) is 2.47. The van der Waals surface area contributed by atoms with Crippen LogP contribution in [-0.2, 0) is 0 Å². The van der Waals surface area contributed by atoms with Crippen LogP contribution in [0.2, 0.25) is 5.02 Å². The highest BCUT2D eigenvalue weighted by molar-refractivity contribution is 9.10. The van der Waals surface area contributed by atoms with E-state index in [-0.39, 0.29) is 5.75 Å². The minimum atomic E-state index is 0.0315. The van der Waals surface area contributed by atoms with E-state index in [1.54, 1.807) is 43.7 Å². The van der Waals surface area contributed by atoms with Crippen LogP contribution in [0.1, 0.15) is 5.56 Å². The van der Waals surface area contributed by atoms with E-state index in [1.165, 1.54) is 7.11 Å². The van der Waals surface area contributed by atoms with E-state index < -0.39 is 0 Å². The maximum atomic E-state index is 10.0. The molecule has 0 aliphatic carbocycles. The smallest absolute Gasteiger partial charge is 0.166 e. The molecule has 0 heterocycles. The van der Waals surface area contributed by atoms with Gasteiger partial charge in [-0.25, -0.2) is 0 Å². The fraction of sp³-hybridized carbons (Fsp3) is 0.133. The number of nitrogens with zero attached hydrogens (tertiary/aromatic N) is 1. The Bertz CT molecular complexity index is 689. The molecule has 2 aromatic rings. The topological polar surface area (TPSA) is 51.0 Å². The zero-order valence-corrected chi connectivity index (χ0v) is 13.8. The molecule has 0 saturated heterocycles. The molecule has 0 bridgehead atoms. The summed E-state index contributed by atoms with van der Waals surface area (Å²) >= 11 is 9.39. The molecule has 0 radical (unpaired) electrons. The van der Waals surface area contributed by atoms with Crippen molar-refractivity contribution in [3.05, 3.63) is 45.4 Å². The van der Waals surface area contributed by atoms with Gasteiger partial charge in [-0.05, 0) is 30.3 Å². The number of methoxy groups -OCH3 is 2. The van der Waals surface area contributed by atoms with Gasteiger partial charge in [-0.15, -0.1) is 0 Å². The zero-order chi connectivity index (χ0) is 15.4. The summed E-state index contributed by atoms with van der Waals surface area (Å²) in [6.45, 7) is 0. The largest absolute Gasteiger partial charge is 0.504 e. The normalized spacial score (nSPS) is 10.9. The van der Waals surface area contributed by atoms with Gasteiger partial charge in [0.05, 0.1) is 24.9 Å². The molecule has 0 saturated carbocycles. The monoisotopic (exact) mass is 369 g/mol. The van der Waals surface area contributed by atoms with Crippen molar-refractivity contribution in [2.24, 2.45) is 4.99 Å². The maximum absolute atomic E-state index is 10.0. The Labute approximate surface area is 136 Å². The number of rotatable bonds is 4. The van der Waals surface area contributed by atoms with Crippen LogP contribution in [0, 0.1) is 0 Å². The molecule has 0 atom stereocenters. The summed E-state index contributed by atoms with van der Waals surface area (Å²) in [5.41, 5.74) is 1.19. The number of hydrogen-bond donors (Lipinski definition) is 1. The van der Waals surface area contributed by atoms with Crippen LogP contribution in [0.15, 0.2) is 39.8 Å². The lowest BCUT2D eigenvalue weighted by molar-refractivity contribution is 0.373. The third kappa shape index (κ3) is 3.68. The van der Waals surface area contributed by atoms with E-state index in [1.807, 2.05) is 0 Å². The van der Waals surface area contributed by atoms with Crippen molar-refractivity contribution in [2.75, 3.05) is 14.2 Å². The highest BCUT2D eigenvalue weighted by Gasteiger charge is 2.08. The number of aliphatic imine (C=N–C) groups is 1. The second-order valence-electron chi connectivity index (χ2n) is 4.12. The van der Waals surface area contributed by atoms with Gasteiger partial charge in [0.1, 0.15) is 5.75 Å². The van der Waals surface area contributed by atoms with Crippen LogP contribution in [0.3, 0.4) is 0 Å². The summed E-state index contributed by atoms with van der Waals surface area (Å²) in [7, 11) is 3.04. The summed E-state index contributed by atoms with van der Waals surface area (Å²) in [4.78, 5) is 4.29. The quantitative estimate of drug-likeness (QED) is 0.802. The molecule has 0 aromatic heterocycles. The number of phenolic OH excluding ortho intramolecular Hbond substituents is 1. The van der Waals surface area contributed by atoms with Crippen LogP contribution >= 0.6 is 27.5 Å². The summed E-state index contributed by atoms with van der Waals surface area (Å²) < 4.78 is 11.0. The lowest BCUT2D eigenvalue weighted by atomic mass is 10.2. The van der Waals surface area contributed by atoms with E-state index in [0.29, 0.717) is 27.8 Å². The lowest BCUT2D eigenvalue weighted by Gasteiger charge is -2.07. The summed E-state index contributed by atoms with van der Waals surface area (Å²) in [5.74, 6) is 0.991. The molecule has 110 valence electrons. The highest BCUT2D eigenvalue weighted by atomic mass is 79.9. The first kappa shape index (κ1) is 15.7. The number of phenols is 1. The predicted molar refractivity (Wildman–Crippen MR) is 87.6 cm³/mol. The molecule has 21 heavy (non-hydrogen) atoms. The second-order valence-corrected chi connectivity index (χ2v) is 5.45. The number of halogens is 2. The third-order valence-electron chi connectivity index (χ3n) is 2.78. The molecular formula is C15H13BrClNO3. The van der Waals surface area contributed by atoms with Gasteiger partial charge >= 0.3 is 0 Å². The van der Waals surface area contributed by atoms with E-state index >= 15 is 0 Å². The number of aromatic hydroxyl groups is 1. The van der Waals surface area contributed by atoms with Gasteiger partial charge < -0.3 is 14.6 Å². The van der Waals surface area contributed by atoms with E-state index in [9.17, 15) is 5.11 Å². The standard InChI is InChI=1S/C15H13BrClNO3/c1-20-13-4-3-11(7-12(13)17)18-8-9-5-10(16)6-14(21-2)15(9)19/h3-8,19H,1-2H3. The molecule has 2 aromatic carbocycles. The van der Waals surface area contributed by atoms with Crippen molar-refractivity contribution >= 4 is 39.4 Å². The molecule has 2 rings (SSSR count). The number of hydrogen-bond acceptors (Lipinski definition) is 4. The van der Waals surface area contributed by atoms with Gasteiger partial charge in [0.15, 0.2) is 11.5 Å². The molecule has 0 aliphatic rings. The van der Waals surface area contributed by atoms with Gasteiger partial charge in [-0.1, -0.05) is 27.5 Å². The minimum Gasteiger partial charge on any atom is -0.504 e. The highest BCUT2D eigenvalue weighted by Crippen LogP contribution is 2.33. The predicted octanol–water partition coefficient (Wildman–Crippen LogP) is 4.58. The van der Waals surface area contributed by atoms with Crippen LogP contribution in [0.25, 0.3) is 0 Å². The van der Waals surface area contributed by atoms with Crippen LogP contribution in [0.5, 0.6) is 17.2 Å². The fourth-order valence-corrected chi connectivity index (χ4v) is 2.43. The Morgan fingerprint density at radius 2 is 1.86 bits per heavy atom. The summed E-state index contributed by atoms with van der Waals surface area (Å²) in [5, 5.41) is 10.5. The van der Waals surface area contributed by atoms with Gasteiger partial charge in [0.25, 0.3) is 0 Å². The van der Waals surface area contributed by atoms with E-state index in [4.69, 9.17) is 21.1 Å². The summed E-state index contributed by atoms with van der Waals surface area (Å²) in [6, 6.07) is 8.61. The molecule has 0 unspecified atom stereocenters. The van der Waals surface area contributed by atoms with E-state index in [2.05, 4.69) is 20.9 Å². The third-order valence-corrected chi connectivity index (χ3v) is 3.53. The van der Waals surface area contributed by atoms with Crippen LogP contribution in [0.4, 0.5) is 5.69 Å². The Hall–Kier alpha value is -1.72. The van der Waals surface area contributed by atoms with Gasteiger partial charge in [0, 0.05) is 16.3 Å². The van der Waals surface area contributed by atoms with Crippen LogP contribution in [-0.4, -0.2) is 25.5 Å². The lowest BCUT2D eigenvalue weighted by Crippen LogP contribution is -1.89. The number of benzene rings is 2. The molecule has 6 heteroatoms. The van der Waals surface area contributed by atoms with E-state index in [0.717, 1.165) is 4.47 Å². The maximum Gasteiger partial charge on any atom is 0.166 e. The molecule has 0 aliphatic heterocycles. The number of ether oxygens (including phenoxy) is 2. The fourth-order valence-electron chi connectivity index (χ4n) is 1.73. The van der Waals surface area contributed by atoms with Crippen molar-refractivity contribution in [2.45, 2.75) is 0 Å². The molecule has 0 fully saturated rings. The first-order chi connectivity index (χ1) is 10.0. The SMILES string of the molecule is COc1ccc(N=Cc2cc(Br)cc(OC)c2O)cc1Cl. The second kappa shape index (κ2) is 6.83.